The number of amides is 1. The fraction of sp³-hybridized carbons (Fsp3) is 0.125. The SMILES string of the molecule is O=C1CSC(=NN=Cc2ccc(OCc3ccc(OCc4ccccc4)cc3)cc2)N1. The lowest BCUT2D eigenvalue weighted by molar-refractivity contribution is -0.116. The molecule has 4 rings (SSSR count). The van der Waals surface area contributed by atoms with E-state index < -0.39 is 0 Å². The molecule has 1 heterocycles. The predicted octanol–water partition coefficient (Wildman–Crippen LogP) is 4.40. The average molecular weight is 432 g/mol. The van der Waals surface area contributed by atoms with Crippen molar-refractivity contribution >= 4 is 29.1 Å². The molecule has 0 aromatic heterocycles. The Morgan fingerprint density at radius 1 is 0.839 bits per heavy atom. The van der Waals surface area contributed by atoms with Crippen LogP contribution >= 0.6 is 11.8 Å². The van der Waals surface area contributed by atoms with E-state index in [9.17, 15) is 4.79 Å². The van der Waals surface area contributed by atoms with E-state index in [2.05, 4.69) is 15.5 Å². The van der Waals surface area contributed by atoms with Crippen molar-refractivity contribution in [3.63, 3.8) is 0 Å². The normalized spacial score (nSPS) is 14.7. The summed E-state index contributed by atoms with van der Waals surface area (Å²) in [5, 5.41) is 11.1. The minimum atomic E-state index is -0.0465. The second-order valence-corrected chi connectivity index (χ2v) is 7.73. The van der Waals surface area contributed by atoms with Crippen molar-refractivity contribution in [3.8, 4) is 11.5 Å². The fourth-order valence-corrected chi connectivity index (χ4v) is 3.40. The first-order valence-electron chi connectivity index (χ1n) is 9.77. The first-order valence-corrected chi connectivity index (χ1v) is 10.8. The molecule has 0 unspecified atom stereocenters. The quantitative estimate of drug-likeness (QED) is 0.424. The van der Waals surface area contributed by atoms with Crippen LogP contribution in [0.2, 0.25) is 0 Å². The molecule has 3 aromatic carbocycles. The molecule has 1 amide bonds. The summed E-state index contributed by atoms with van der Waals surface area (Å²) in [7, 11) is 0. The van der Waals surface area contributed by atoms with Gasteiger partial charge < -0.3 is 14.8 Å². The van der Waals surface area contributed by atoms with Gasteiger partial charge in [-0.25, -0.2) is 0 Å². The number of nitrogens with one attached hydrogen (secondary N) is 1. The smallest absolute Gasteiger partial charge is 0.236 e. The van der Waals surface area contributed by atoms with Crippen molar-refractivity contribution in [1.29, 1.82) is 0 Å². The van der Waals surface area contributed by atoms with Gasteiger partial charge in [-0.3, -0.25) is 4.79 Å². The van der Waals surface area contributed by atoms with Gasteiger partial charge in [0, 0.05) is 0 Å². The number of rotatable bonds is 8. The molecular weight excluding hydrogens is 410 g/mol. The molecule has 0 bridgehead atoms. The zero-order valence-corrected chi connectivity index (χ0v) is 17.5. The third-order valence-electron chi connectivity index (χ3n) is 4.40. The van der Waals surface area contributed by atoms with Crippen molar-refractivity contribution in [2.45, 2.75) is 13.2 Å². The van der Waals surface area contributed by atoms with Crippen molar-refractivity contribution < 1.29 is 14.3 Å². The number of nitrogens with zero attached hydrogens (tertiary/aromatic N) is 2. The van der Waals surface area contributed by atoms with Crippen LogP contribution < -0.4 is 14.8 Å². The lowest BCUT2D eigenvalue weighted by atomic mass is 10.2. The molecule has 0 spiro atoms. The second kappa shape index (κ2) is 10.4. The Morgan fingerprint density at radius 2 is 1.45 bits per heavy atom. The van der Waals surface area contributed by atoms with E-state index in [4.69, 9.17) is 9.47 Å². The van der Waals surface area contributed by atoms with Crippen LogP contribution in [0.25, 0.3) is 0 Å². The monoisotopic (exact) mass is 431 g/mol. The number of carbonyl (C=O) groups is 1. The van der Waals surface area contributed by atoms with Gasteiger partial charge in [-0.15, -0.1) is 5.10 Å². The minimum Gasteiger partial charge on any atom is -0.489 e. The molecule has 1 aliphatic rings. The van der Waals surface area contributed by atoms with Gasteiger partial charge in [-0.05, 0) is 53.1 Å². The highest BCUT2D eigenvalue weighted by Crippen LogP contribution is 2.17. The maximum absolute atomic E-state index is 11.1. The van der Waals surface area contributed by atoms with Gasteiger partial charge >= 0.3 is 0 Å². The maximum Gasteiger partial charge on any atom is 0.236 e. The summed E-state index contributed by atoms with van der Waals surface area (Å²) in [6.45, 7) is 1.02. The summed E-state index contributed by atoms with van der Waals surface area (Å²) in [6, 6.07) is 25.6. The molecule has 156 valence electrons. The minimum absolute atomic E-state index is 0.0465. The molecule has 6 nitrogen and oxygen atoms in total. The molecule has 7 heteroatoms. The molecule has 0 radical (unpaired) electrons. The fourth-order valence-electron chi connectivity index (χ4n) is 2.77. The van der Waals surface area contributed by atoms with Crippen molar-refractivity contribution in [2.75, 3.05) is 5.75 Å². The van der Waals surface area contributed by atoms with Crippen LogP contribution in [0.4, 0.5) is 0 Å². The molecule has 1 saturated heterocycles. The number of ether oxygens (including phenoxy) is 2. The molecule has 0 saturated carbocycles. The number of hydrogen-bond donors (Lipinski definition) is 1. The van der Waals surface area contributed by atoms with E-state index in [-0.39, 0.29) is 5.91 Å². The summed E-state index contributed by atoms with van der Waals surface area (Å²) in [5.74, 6) is 1.95. The molecule has 0 aliphatic carbocycles. The molecule has 0 atom stereocenters. The highest BCUT2D eigenvalue weighted by Gasteiger charge is 2.15. The zero-order chi connectivity index (χ0) is 21.3. The Labute approximate surface area is 185 Å². The van der Waals surface area contributed by atoms with Crippen LogP contribution in [0.5, 0.6) is 11.5 Å². The molecular formula is C24H21N3O3S. The zero-order valence-electron chi connectivity index (χ0n) is 16.7. The summed E-state index contributed by atoms with van der Waals surface area (Å²) in [5.41, 5.74) is 3.09. The highest BCUT2D eigenvalue weighted by molar-refractivity contribution is 8.15. The van der Waals surface area contributed by atoms with Crippen LogP contribution in [0.1, 0.15) is 16.7 Å². The van der Waals surface area contributed by atoms with Gasteiger partial charge in [0.15, 0.2) is 5.17 Å². The Balaban J connectivity index is 1.24. The average Bonchev–Trinajstić information content (AvgIpc) is 3.23. The topological polar surface area (TPSA) is 72.3 Å². The largest absolute Gasteiger partial charge is 0.489 e. The van der Waals surface area contributed by atoms with Crippen molar-refractivity contribution in [3.05, 3.63) is 95.6 Å². The Bertz CT molecular complexity index is 1070. The van der Waals surface area contributed by atoms with Crippen LogP contribution in [-0.4, -0.2) is 23.0 Å². The summed E-state index contributed by atoms with van der Waals surface area (Å²) < 4.78 is 11.7. The van der Waals surface area contributed by atoms with Gasteiger partial charge in [0.2, 0.25) is 5.91 Å². The first kappa shape index (κ1) is 20.7. The van der Waals surface area contributed by atoms with E-state index in [0.29, 0.717) is 24.1 Å². The van der Waals surface area contributed by atoms with Gasteiger partial charge in [0.05, 0.1) is 12.0 Å². The second-order valence-electron chi connectivity index (χ2n) is 6.76. The van der Waals surface area contributed by atoms with Crippen LogP contribution in [0.15, 0.2) is 89.1 Å². The molecule has 3 aromatic rings. The van der Waals surface area contributed by atoms with Gasteiger partial charge in [-0.2, -0.15) is 5.10 Å². The van der Waals surface area contributed by atoms with E-state index in [1.54, 1.807) is 6.21 Å². The summed E-state index contributed by atoms with van der Waals surface area (Å²) in [4.78, 5) is 11.1. The summed E-state index contributed by atoms with van der Waals surface area (Å²) >= 11 is 1.34. The van der Waals surface area contributed by atoms with Gasteiger partial charge in [0.1, 0.15) is 24.7 Å². The summed E-state index contributed by atoms with van der Waals surface area (Å²) in [6.07, 6.45) is 1.63. The third-order valence-corrected chi connectivity index (χ3v) is 5.26. The molecule has 1 N–H and O–H groups in total. The standard InChI is InChI=1S/C24H21N3O3S/c28-23-17-31-24(26-23)27-25-14-18-6-10-21(11-7-18)30-16-20-8-12-22(13-9-20)29-15-19-4-2-1-3-5-19/h1-14H,15-17H2,(H,26,27,28). The number of hydrogen-bond acceptors (Lipinski definition) is 6. The Hall–Kier alpha value is -3.58. The molecule has 1 aliphatic heterocycles. The highest BCUT2D eigenvalue weighted by atomic mass is 32.2. The number of amidine groups is 1. The van der Waals surface area contributed by atoms with E-state index >= 15 is 0 Å². The van der Waals surface area contributed by atoms with E-state index in [0.717, 1.165) is 28.2 Å². The number of benzene rings is 3. The third kappa shape index (κ3) is 6.45. The van der Waals surface area contributed by atoms with E-state index in [1.165, 1.54) is 11.8 Å². The van der Waals surface area contributed by atoms with Crippen LogP contribution in [0.3, 0.4) is 0 Å². The predicted molar refractivity (Wildman–Crippen MR) is 124 cm³/mol. The molecule has 31 heavy (non-hydrogen) atoms. The first-order chi connectivity index (χ1) is 15.2. The van der Waals surface area contributed by atoms with Crippen LogP contribution in [0, 0.1) is 0 Å². The number of thioether (sulfide) groups is 1. The molecule has 1 fully saturated rings. The van der Waals surface area contributed by atoms with Crippen molar-refractivity contribution in [1.82, 2.24) is 5.32 Å². The lowest BCUT2D eigenvalue weighted by Crippen LogP contribution is -2.19. The maximum atomic E-state index is 11.1. The van der Waals surface area contributed by atoms with E-state index in [1.807, 2.05) is 78.9 Å². The van der Waals surface area contributed by atoms with Crippen molar-refractivity contribution in [2.24, 2.45) is 10.2 Å². The van der Waals surface area contributed by atoms with Gasteiger partial charge in [0.25, 0.3) is 0 Å². The lowest BCUT2D eigenvalue weighted by Gasteiger charge is -2.09. The Morgan fingerprint density at radius 3 is 2.06 bits per heavy atom. The van der Waals surface area contributed by atoms with Gasteiger partial charge in [-0.1, -0.05) is 54.2 Å². The Kier molecular flexibility index (Phi) is 6.97. The van der Waals surface area contributed by atoms with Crippen LogP contribution in [-0.2, 0) is 18.0 Å². The number of carbonyl (C=O) groups excluding carboxylic acids is 1.